The van der Waals surface area contributed by atoms with Crippen LogP contribution in [0, 0.1) is 6.92 Å². The van der Waals surface area contributed by atoms with Crippen LogP contribution in [-0.2, 0) is 12.8 Å². The molecule has 64 valence electrons. The summed E-state index contributed by atoms with van der Waals surface area (Å²) in [4.78, 5) is 11.4. The Labute approximate surface area is 76.0 Å². The Morgan fingerprint density at radius 3 is 2.92 bits per heavy atom. The van der Waals surface area contributed by atoms with E-state index < -0.39 is 0 Å². The van der Waals surface area contributed by atoms with Crippen LogP contribution in [0.2, 0.25) is 0 Å². The minimum atomic E-state index is 0.282. The van der Waals surface area contributed by atoms with E-state index in [0.717, 1.165) is 11.3 Å². The van der Waals surface area contributed by atoms with E-state index in [-0.39, 0.29) is 5.78 Å². The van der Waals surface area contributed by atoms with Crippen LogP contribution in [0.1, 0.15) is 21.7 Å². The van der Waals surface area contributed by atoms with Gasteiger partial charge in [0.05, 0.1) is 5.75 Å². The second-order valence-corrected chi connectivity index (χ2v) is 4.11. The Morgan fingerprint density at radius 1 is 1.50 bits per heavy atom. The zero-order chi connectivity index (χ0) is 8.72. The maximum Gasteiger partial charge on any atom is 0.174 e. The monoisotopic (exact) mass is 181 g/mol. The standard InChI is InChI=1S/C9H11NOS/c1-6-3-7-8(10(6)2)4-12-5-9(7)11/h3H,4-5H2,1-2H3. The fraction of sp³-hybridized carbons (Fsp3) is 0.444. The van der Waals surface area contributed by atoms with Gasteiger partial charge in [0.25, 0.3) is 0 Å². The van der Waals surface area contributed by atoms with E-state index in [1.54, 1.807) is 11.8 Å². The Balaban J connectivity index is 2.60. The van der Waals surface area contributed by atoms with Crippen LogP contribution in [0.15, 0.2) is 6.07 Å². The summed E-state index contributed by atoms with van der Waals surface area (Å²) in [5.74, 6) is 1.91. The van der Waals surface area contributed by atoms with E-state index in [0.29, 0.717) is 5.75 Å². The number of carbonyl (C=O) groups excluding carboxylic acids is 1. The number of aryl methyl sites for hydroxylation is 1. The summed E-state index contributed by atoms with van der Waals surface area (Å²) in [6, 6.07) is 2.00. The van der Waals surface area contributed by atoms with Gasteiger partial charge in [-0.25, -0.2) is 0 Å². The number of fused-ring (bicyclic) bond motifs is 1. The van der Waals surface area contributed by atoms with Crippen molar-refractivity contribution < 1.29 is 4.79 Å². The molecule has 0 atom stereocenters. The molecule has 0 amide bonds. The van der Waals surface area contributed by atoms with Crippen LogP contribution < -0.4 is 0 Å². The first-order valence-corrected chi connectivity index (χ1v) is 5.12. The number of carbonyl (C=O) groups is 1. The van der Waals surface area contributed by atoms with E-state index in [1.165, 1.54) is 11.4 Å². The maximum absolute atomic E-state index is 11.4. The lowest BCUT2D eigenvalue weighted by Crippen LogP contribution is -2.12. The van der Waals surface area contributed by atoms with Gasteiger partial charge in [-0.05, 0) is 13.0 Å². The van der Waals surface area contributed by atoms with Crippen molar-refractivity contribution in [3.05, 3.63) is 23.0 Å². The first-order valence-electron chi connectivity index (χ1n) is 3.96. The SMILES string of the molecule is Cc1cc2c(n1C)CSCC2=O. The number of nitrogens with zero attached hydrogens (tertiary/aromatic N) is 1. The van der Waals surface area contributed by atoms with Crippen molar-refractivity contribution >= 4 is 17.5 Å². The number of hydrogen-bond donors (Lipinski definition) is 0. The molecule has 0 aliphatic carbocycles. The summed E-state index contributed by atoms with van der Waals surface area (Å²) in [6.45, 7) is 2.04. The maximum atomic E-state index is 11.4. The third-order valence-electron chi connectivity index (χ3n) is 2.37. The van der Waals surface area contributed by atoms with Gasteiger partial charge in [0.1, 0.15) is 0 Å². The highest BCUT2D eigenvalue weighted by Crippen LogP contribution is 2.26. The van der Waals surface area contributed by atoms with Crippen LogP contribution in [0.25, 0.3) is 0 Å². The highest BCUT2D eigenvalue weighted by molar-refractivity contribution is 7.99. The predicted molar refractivity (Wildman–Crippen MR) is 50.6 cm³/mol. The Bertz CT molecular complexity index is 341. The molecule has 1 aliphatic heterocycles. The molecule has 0 aromatic carbocycles. The highest BCUT2D eigenvalue weighted by Gasteiger charge is 2.21. The Kier molecular flexibility index (Phi) is 1.76. The van der Waals surface area contributed by atoms with Crippen molar-refractivity contribution in [1.82, 2.24) is 4.57 Å². The molecule has 0 spiro atoms. The van der Waals surface area contributed by atoms with E-state index in [1.807, 2.05) is 20.0 Å². The van der Waals surface area contributed by atoms with Gasteiger partial charge in [0.2, 0.25) is 0 Å². The zero-order valence-corrected chi connectivity index (χ0v) is 8.07. The topological polar surface area (TPSA) is 22.0 Å². The van der Waals surface area contributed by atoms with Gasteiger partial charge in [0, 0.05) is 29.8 Å². The third kappa shape index (κ3) is 1.00. The number of thioether (sulfide) groups is 1. The lowest BCUT2D eigenvalue weighted by atomic mass is 10.2. The van der Waals surface area contributed by atoms with Crippen molar-refractivity contribution in [3.63, 3.8) is 0 Å². The minimum Gasteiger partial charge on any atom is -0.350 e. The molecule has 0 unspecified atom stereocenters. The van der Waals surface area contributed by atoms with Crippen LogP contribution in [0.3, 0.4) is 0 Å². The molecule has 0 N–H and O–H groups in total. The molecule has 2 rings (SSSR count). The molecule has 2 heterocycles. The lowest BCUT2D eigenvalue weighted by Gasteiger charge is -2.11. The van der Waals surface area contributed by atoms with Gasteiger partial charge < -0.3 is 4.57 Å². The van der Waals surface area contributed by atoms with E-state index in [2.05, 4.69) is 4.57 Å². The predicted octanol–water partition coefficient (Wildman–Crippen LogP) is 1.76. The molecule has 1 aliphatic rings. The van der Waals surface area contributed by atoms with Gasteiger partial charge in [0.15, 0.2) is 5.78 Å². The van der Waals surface area contributed by atoms with Crippen LogP contribution >= 0.6 is 11.8 Å². The fourth-order valence-electron chi connectivity index (χ4n) is 1.52. The van der Waals surface area contributed by atoms with Crippen molar-refractivity contribution in [2.75, 3.05) is 5.75 Å². The number of rotatable bonds is 0. The molecular weight excluding hydrogens is 170 g/mol. The molecule has 12 heavy (non-hydrogen) atoms. The average molecular weight is 181 g/mol. The molecule has 3 heteroatoms. The number of Topliss-reactive ketones (excluding diaryl/α,β-unsaturated/α-hetero) is 1. The normalized spacial score (nSPS) is 16.3. The summed E-state index contributed by atoms with van der Waals surface area (Å²) in [6.07, 6.45) is 0. The van der Waals surface area contributed by atoms with E-state index in [9.17, 15) is 4.79 Å². The van der Waals surface area contributed by atoms with Gasteiger partial charge in [-0.1, -0.05) is 0 Å². The van der Waals surface area contributed by atoms with E-state index >= 15 is 0 Å². The molecule has 0 saturated heterocycles. The second kappa shape index (κ2) is 2.66. The van der Waals surface area contributed by atoms with Crippen LogP contribution in [-0.4, -0.2) is 16.1 Å². The van der Waals surface area contributed by atoms with Gasteiger partial charge in [-0.3, -0.25) is 4.79 Å². The number of hydrogen-bond acceptors (Lipinski definition) is 2. The van der Waals surface area contributed by atoms with Crippen molar-refractivity contribution in [2.24, 2.45) is 7.05 Å². The average Bonchev–Trinajstić information content (AvgIpc) is 2.32. The summed E-state index contributed by atoms with van der Waals surface area (Å²) in [5.41, 5.74) is 3.30. The molecule has 1 aromatic rings. The quantitative estimate of drug-likeness (QED) is 0.608. The van der Waals surface area contributed by atoms with Crippen molar-refractivity contribution in [3.8, 4) is 0 Å². The smallest absolute Gasteiger partial charge is 0.174 e. The summed E-state index contributed by atoms with van der Waals surface area (Å²) in [7, 11) is 2.02. The molecule has 0 radical (unpaired) electrons. The first-order chi connectivity index (χ1) is 5.70. The fourth-order valence-corrected chi connectivity index (χ4v) is 2.50. The van der Waals surface area contributed by atoms with Crippen molar-refractivity contribution in [1.29, 1.82) is 0 Å². The minimum absolute atomic E-state index is 0.282. The second-order valence-electron chi connectivity index (χ2n) is 3.12. The molecule has 0 fully saturated rings. The first kappa shape index (κ1) is 7.92. The number of aromatic nitrogens is 1. The Hall–Kier alpha value is -0.700. The largest absolute Gasteiger partial charge is 0.350 e. The summed E-state index contributed by atoms with van der Waals surface area (Å²) < 4.78 is 2.11. The summed E-state index contributed by atoms with van der Waals surface area (Å²) in [5, 5.41) is 0. The lowest BCUT2D eigenvalue weighted by molar-refractivity contribution is 0.102. The van der Waals surface area contributed by atoms with Crippen LogP contribution in [0.4, 0.5) is 0 Å². The number of ketones is 1. The molecule has 0 bridgehead atoms. The summed E-state index contributed by atoms with van der Waals surface area (Å²) >= 11 is 1.70. The third-order valence-corrected chi connectivity index (χ3v) is 3.31. The highest BCUT2D eigenvalue weighted by atomic mass is 32.2. The molecule has 0 saturated carbocycles. The van der Waals surface area contributed by atoms with E-state index in [4.69, 9.17) is 0 Å². The van der Waals surface area contributed by atoms with Gasteiger partial charge in [-0.2, -0.15) is 0 Å². The van der Waals surface area contributed by atoms with Crippen molar-refractivity contribution in [2.45, 2.75) is 12.7 Å². The van der Waals surface area contributed by atoms with Gasteiger partial charge in [-0.15, -0.1) is 11.8 Å². The zero-order valence-electron chi connectivity index (χ0n) is 7.26. The van der Waals surface area contributed by atoms with Gasteiger partial charge >= 0.3 is 0 Å². The van der Waals surface area contributed by atoms with Crippen LogP contribution in [0.5, 0.6) is 0 Å². The molecular formula is C9H11NOS. The molecule has 1 aromatic heterocycles. The Morgan fingerprint density at radius 2 is 2.25 bits per heavy atom. The molecule has 2 nitrogen and oxygen atoms in total.